The summed E-state index contributed by atoms with van der Waals surface area (Å²) in [5, 5.41) is 0. The maximum Gasteiger partial charge on any atom is 0.323 e. The van der Waals surface area contributed by atoms with Gasteiger partial charge in [0.05, 0.1) is 13.0 Å². The minimum atomic E-state index is 1.01. The van der Waals surface area contributed by atoms with Crippen molar-refractivity contribution in [3.8, 4) is 0 Å². The lowest BCUT2D eigenvalue weighted by Gasteiger charge is -1.98. The summed E-state index contributed by atoms with van der Waals surface area (Å²) in [7, 11) is 0. The number of aryl methyl sites for hydroxylation is 2. The first-order valence-electron chi connectivity index (χ1n) is 3.90. The van der Waals surface area contributed by atoms with Crippen molar-refractivity contribution in [1.82, 2.24) is 4.98 Å². The van der Waals surface area contributed by atoms with E-state index in [1.54, 1.807) is 0 Å². The standard InChI is InChI=1S/C8H12N3/c1-6-5-7(2)11-8(10-6)3-4-9-11/h5,9H,3-4H2,1-2H3/q+1. The number of hydrogen-bond acceptors (Lipinski definition) is 2. The molecular weight excluding hydrogens is 138 g/mol. The molecule has 0 atom stereocenters. The Hall–Kier alpha value is -1.12. The van der Waals surface area contributed by atoms with Gasteiger partial charge in [-0.1, -0.05) is 0 Å². The van der Waals surface area contributed by atoms with Gasteiger partial charge in [0.15, 0.2) is 5.69 Å². The van der Waals surface area contributed by atoms with E-state index in [1.165, 1.54) is 5.69 Å². The zero-order chi connectivity index (χ0) is 7.84. The number of fused-ring (bicyclic) bond motifs is 1. The third kappa shape index (κ3) is 0.964. The normalized spacial score (nSPS) is 14.4. The molecule has 0 saturated carbocycles. The van der Waals surface area contributed by atoms with E-state index in [1.807, 2.05) is 6.92 Å². The Labute approximate surface area is 66.1 Å². The molecule has 1 N–H and O–H groups in total. The van der Waals surface area contributed by atoms with Crippen molar-refractivity contribution >= 4 is 0 Å². The SMILES string of the molecule is Cc1cc(C)[n+]2c(n1)CCN2. The fourth-order valence-corrected chi connectivity index (χ4v) is 1.52. The lowest BCUT2D eigenvalue weighted by atomic mass is 10.3. The van der Waals surface area contributed by atoms with Gasteiger partial charge in [-0.3, -0.25) is 5.43 Å². The highest BCUT2D eigenvalue weighted by Crippen LogP contribution is 2.00. The average molecular weight is 150 g/mol. The Kier molecular flexibility index (Phi) is 1.31. The van der Waals surface area contributed by atoms with Crippen molar-refractivity contribution in [2.75, 3.05) is 12.0 Å². The molecule has 2 heterocycles. The number of nitrogens with zero attached hydrogens (tertiary/aromatic N) is 2. The molecule has 0 aliphatic carbocycles. The van der Waals surface area contributed by atoms with Gasteiger partial charge in [0, 0.05) is 19.9 Å². The minimum Gasteiger partial charge on any atom is -0.255 e. The molecule has 0 saturated heterocycles. The van der Waals surface area contributed by atoms with Crippen molar-refractivity contribution in [2.24, 2.45) is 0 Å². The summed E-state index contributed by atoms with van der Waals surface area (Å²) < 4.78 is 2.06. The molecule has 1 aliphatic heterocycles. The molecule has 0 spiro atoms. The van der Waals surface area contributed by atoms with Crippen LogP contribution in [-0.4, -0.2) is 11.5 Å². The Morgan fingerprint density at radius 2 is 2.36 bits per heavy atom. The molecular formula is C8H12N3+. The number of aromatic nitrogens is 2. The zero-order valence-electron chi connectivity index (χ0n) is 6.89. The maximum atomic E-state index is 4.42. The van der Waals surface area contributed by atoms with Gasteiger partial charge in [-0.2, -0.15) is 0 Å². The fraction of sp³-hybridized carbons (Fsp3) is 0.500. The molecule has 0 radical (unpaired) electrons. The van der Waals surface area contributed by atoms with E-state index in [0.29, 0.717) is 0 Å². The highest BCUT2D eigenvalue weighted by Gasteiger charge is 2.21. The van der Waals surface area contributed by atoms with Gasteiger partial charge in [-0.15, -0.1) is 4.68 Å². The van der Waals surface area contributed by atoms with Gasteiger partial charge in [-0.05, 0) is 4.98 Å². The molecule has 0 aromatic carbocycles. The van der Waals surface area contributed by atoms with E-state index in [0.717, 1.165) is 24.5 Å². The first kappa shape index (κ1) is 6.58. The zero-order valence-corrected chi connectivity index (χ0v) is 6.89. The number of hydrogen-bond donors (Lipinski definition) is 1. The summed E-state index contributed by atoms with van der Waals surface area (Å²) in [6, 6.07) is 2.09. The lowest BCUT2D eigenvalue weighted by molar-refractivity contribution is -0.655. The predicted octanol–water partition coefficient (Wildman–Crippen LogP) is 0.0855. The average Bonchev–Trinajstić information content (AvgIpc) is 2.34. The third-order valence-electron chi connectivity index (χ3n) is 1.95. The Morgan fingerprint density at radius 1 is 1.55 bits per heavy atom. The van der Waals surface area contributed by atoms with Crippen LogP contribution < -0.4 is 10.1 Å². The van der Waals surface area contributed by atoms with Crippen LogP contribution in [0.3, 0.4) is 0 Å². The van der Waals surface area contributed by atoms with Crippen LogP contribution in [0.1, 0.15) is 17.2 Å². The highest BCUT2D eigenvalue weighted by molar-refractivity contribution is 5.04. The second kappa shape index (κ2) is 2.19. The van der Waals surface area contributed by atoms with E-state index in [4.69, 9.17) is 0 Å². The molecule has 11 heavy (non-hydrogen) atoms. The second-order valence-electron chi connectivity index (χ2n) is 2.95. The first-order chi connectivity index (χ1) is 5.27. The summed E-state index contributed by atoms with van der Waals surface area (Å²) >= 11 is 0. The number of rotatable bonds is 0. The Morgan fingerprint density at radius 3 is 3.18 bits per heavy atom. The van der Waals surface area contributed by atoms with Crippen LogP contribution in [0.2, 0.25) is 0 Å². The second-order valence-corrected chi connectivity index (χ2v) is 2.95. The lowest BCUT2D eigenvalue weighted by Crippen LogP contribution is -2.46. The smallest absolute Gasteiger partial charge is 0.255 e. The summed E-state index contributed by atoms with van der Waals surface area (Å²) in [6.07, 6.45) is 1.04. The Bertz CT molecular complexity index is 294. The van der Waals surface area contributed by atoms with E-state index in [-0.39, 0.29) is 0 Å². The molecule has 3 heteroatoms. The van der Waals surface area contributed by atoms with Crippen molar-refractivity contribution in [3.63, 3.8) is 0 Å². The minimum absolute atomic E-state index is 1.01. The third-order valence-corrected chi connectivity index (χ3v) is 1.95. The van der Waals surface area contributed by atoms with Crippen LogP contribution in [0.25, 0.3) is 0 Å². The van der Waals surface area contributed by atoms with Crippen LogP contribution in [-0.2, 0) is 6.42 Å². The summed E-state index contributed by atoms with van der Waals surface area (Å²) in [4.78, 5) is 4.42. The van der Waals surface area contributed by atoms with Gasteiger partial charge in [0.25, 0.3) is 0 Å². The van der Waals surface area contributed by atoms with E-state index < -0.39 is 0 Å². The van der Waals surface area contributed by atoms with Crippen molar-refractivity contribution in [3.05, 3.63) is 23.3 Å². The number of nitrogens with one attached hydrogen (secondary N) is 1. The van der Waals surface area contributed by atoms with Gasteiger partial charge in [-0.25, -0.2) is 0 Å². The molecule has 58 valence electrons. The van der Waals surface area contributed by atoms with E-state index in [2.05, 4.69) is 28.1 Å². The van der Waals surface area contributed by atoms with Crippen LogP contribution >= 0.6 is 0 Å². The largest absolute Gasteiger partial charge is 0.323 e. The van der Waals surface area contributed by atoms with Crippen LogP contribution in [0, 0.1) is 13.8 Å². The quantitative estimate of drug-likeness (QED) is 0.531. The van der Waals surface area contributed by atoms with Crippen molar-refractivity contribution < 1.29 is 4.68 Å². The molecule has 1 aromatic heterocycles. The molecule has 3 nitrogen and oxygen atoms in total. The predicted molar refractivity (Wildman–Crippen MR) is 41.8 cm³/mol. The van der Waals surface area contributed by atoms with Crippen molar-refractivity contribution in [1.29, 1.82) is 0 Å². The summed E-state index contributed by atoms with van der Waals surface area (Å²) in [5.74, 6) is 1.16. The van der Waals surface area contributed by atoms with Gasteiger partial charge >= 0.3 is 5.82 Å². The Balaban J connectivity index is 2.60. The summed E-state index contributed by atoms with van der Waals surface area (Å²) in [5.41, 5.74) is 5.60. The van der Waals surface area contributed by atoms with Crippen molar-refractivity contribution in [2.45, 2.75) is 20.3 Å². The fourth-order valence-electron chi connectivity index (χ4n) is 1.52. The topological polar surface area (TPSA) is 28.8 Å². The van der Waals surface area contributed by atoms with Gasteiger partial charge in [0.1, 0.15) is 5.69 Å². The molecule has 1 aromatic rings. The summed E-state index contributed by atoms with van der Waals surface area (Å²) in [6.45, 7) is 5.14. The molecule has 0 bridgehead atoms. The highest BCUT2D eigenvalue weighted by atomic mass is 15.5. The first-order valence-corrected chi connectivity index (χ1v) is 3.90. The van der Waals surface area contributed by atoms with E-state index >= 15 is 0 Å². The van der Waals surface area contributed by atoms with Gasteiger partial charge in [0.2, 0.25) is 0 Å². The monoisotopic (exact) mass is 150 g/mol. The molecule has 1 aliphatic rings. The maximum absolute atomic E-state index is 4.42. The molecule has 0 unspecified atom stereocenters. The van der Waals surface area contributed by atoms with Gasteiger partial charge < -0.3 is 0 Å². The van der Waals surface area contributed by atoms with Crippen LogP contribution in [0.15, 0.2) is 6.07 Å². The van der Waals surface area contributed by atoms with Crippen LogP contribution in [0.4, 0.5) is 0 Å². The van der Waals surface area contributed by atoms with E-state index in [9.17, 15) is 0 Å². The molecule has 0 amide bonds. The molecule has 0 fully saturated rings. The van der Waals surface area contributed by atoms with Crippen LogP contribution in [0.5, 0.6) is 0 Å². The molecule has 2 rings (SSSR count).